The third-order valence-electron chi connectivity index (χ3n) is 3.81. The van der Waals surface area contributed by atoms with Crippen LogP contribution in [0.4, 0.5) is 0 Å². The summed E-state index contributed by atoms with van der Waals surface area (Å²) in [5.41, 5.74) is 2.22. The molecule has 0 aliphatic rings. The summed E-state index contributed by atoms with van der Waals surface area (Å²) >= 11 is 0. The highest BCUT2D eigenvalue weighted by Gasteiger charge is 2.11. The molecule has 0 N–H and O–H groups in total. The Bertz CT molecular complexity index is 698. The van der Waals surface area contributed by atoms with E-state index in [2.05, 4.69) is 18.0 Å². The lowest BCUT2D eigenvalue weighted by Crippen LogP contribution is -2.09. The first-order valence-corrected chi connectivity index (χ1v) is 9.20. The topological polar surface area (TPSA) is 57.7 Å². The Kier molecular flexibility index (Phi) is 7.93. The normalized spacial score (nSPS) is 10.4. The van der Waals surface area contributed by atoms with Gasteiger partial charge in [-0.15, -0.1) is 0 Å². The molecule has 5 nitrogen and oxygen atoms in total. The zero-order chi connectivity index (χ0) is 18.8. The Morgan fingerprint density at radius 2 is 1.88 bits per heavy atom. The second-order valence-electron chi connectivity index (χ2n) is 5.88. The van der Waals surface area contributed by atoms with Crippen LogP contribution in [0.5, 0.6) is 17.2 Å². The molecule has 1 heterocycles. The van der Waals surface area contributed by atoms with E-state index in [1.807, 2.05) is 26.1 Å². The van der Waals surface area contributed by atoms with Gasteiger partial charge in [-0.2, -0.15) is 0 Å². The summed E-state index contributed by atoms with van der Waals surface area (Å²) in [7, 11) is 0. The van der Waals surface area contributed by atoms with Crippen LogP contribution in [0.2, 0.25) is 0 Å². The van der Waals surface area contributed by atoms with Crippen molar-refractivity contribution >= 4 is 5.97 Å². The molecule has 0 radical (unpaired) electrons. The fourth-order valence-electron chi connectivity index (χ4n) is 2.39. The Morgan fingerprint density at radius 3 is 2.54 bits per heavy atom. The number of esters is 1. The van der Waals surface area contributed by atoms with Crippen LogP contribution in [0.25, 0.3) is 0 Å². The van der Waals surface area contributed by atoms with Gasteiger partial charge in [0, 0.05) is 30.8 Å². The Labute approximate surface area is 155 Å². The number of aryl methyl sites for hydroxylation is 1. The number of hydrogen-bond acceptors (Lipinski definition) is 5. The summed E-state index contributed by atoms with van der Waals surface area (Å²) < 4.78 is 16.7. The van der Waals surface area contributed by atoms with Crippen molar-refractivity contribution in [1.82, 2.24) is 4.98 Å². The zero-order valence-electron chi connectivity index (χ0n) is 15.8. The second-order valence-corrected chi connectivity index (χ2v) is 5.88. The van der Waals surface area contributed by atoms with Crippen LogP contribution in [0.1, 0.15) is 44.9 Å². The van der Waals surface area contributed by atoms with Gasteiger partial charge in [0.25, 0.3) is 0 Å². The van der Waals surface area contributed by atoms with Gasteiger partial charge in [0.05, 0.1) is 13.2 Å². The second kappa shape index (κ2) is 10.4. The number of rotatable bonds is 10. The molecule has 1 aromatic heterocycles. The first kappa shape index (κ1) is 19.8. The van der Waals surface area contributed by atoms with E-state index in [4.69, 9.17) is 14.2 Å². The van der Waals surface area contributed by atoms with Crippen LogP contribution in [0.15, 0.2) is 36.5 Å². The molecule has 0 fully saturated rings. The van der Waals surface area contributed by atoms with Gasteiger partial charge in [0.2, 0.25) is 0 Å². The predicted octanol–water partition coefficient (Wildman–Crippen LogP) is 4.37. The number of carbonyl (C=O) groups is 1. The Morgan fingerprint density at radius 1 is 1.04 bits per heavy atom. The molecule has 2 aromatic rings. The molecule has 0 saturated heterocycles. The van der Waals surface area contributed by atoms with Gasteiger partial charge in [0.1, 0.15) is 5.75 Å². The lowest BCUT2D eigenvalue weighted by Gasteiger charge is -2.13. The van der Waals surface area contributed by atoms with Crippen molar-refractivity contribution in [3.63, 3.8) is 0 Å². The van der Waals surface area contributed by atoms with E-state index >= 15 is 0 Å². The minimum atomic E-state index is -0.260. The van der Waals surface area contributed by atoms with Gasteiger partial charge in [-0.3, -0.25) is 9.78 Å². The quantitative estimate of drug-likeness (QED) is 0.467. The summed E-state index contributed by atoms with van der Waals surface area (Å²) in [5.74, 6) is 1.35. The van der Waals surface area contributed by atoms with E-state index in [9.17, 15) is 4.79 Å². The molecule has 0 aliphatic carbocycles. The molecule has 0 amide bonds. The molecule has 0 unspecified atom stereocenters. The molecule has 0 saturated carbocycles. The van der Waals surface area contributed by atoms with Gasteiger partial charge < -0.3 is 14.2 Å². The van der Waals surface area contributed by atoms with Crippen molar-refractivity contribution in [2.75, 3.05) is 13.2 Å². The molecule has 0 spiro atoms. The van der Waals surface area contributed by atoms with Crippen molar-refractivity contribution in [1.29, 1.82) is 0 Å². The van der Waals surface area contributed by atoms with Gasteiger partial charge in [-0.05, 0) is 43.5 Å². The van der Waals surface area contributed by atoms with E-state index in [1.54, 1.807) is 18.2 Å². The summed E-state index contributed by atoms with van der Waals surface area (Å²) in [6.45, 7) is 6.93. The molecule has 5 heteroatoms. The average Bonchev–Trinajstić information content (AvgIpc) is 2.65. The van der Waals surface area contributed by atoms with Crippen molar-refractivity contribution in [3.05, 3.63) is 47.8 Å². The maximum Gasteiger partial charge on any atom is 0.311 e. The molecule has 1 aromatic carbocycles. The molecule has 2 rings (SSSR count). The molecular weight excluding hydrogens is 330 g/mol. The van der Waals surface area contributed by atoms with Gasteiger partial charge in [-0.1, -0.05) is 19.9 Å². The van der Waals surface area contributed by atoms with Crippen LogP contribution in [0.3, 0.4) is 0 Å². The monoisotopic (exact) mass is 357 g/mol. The molecule has 0 bridgehead atoms. The molecule has 0 atom stereocenters. The van der Waals surface area contributed by atoms with E-state index in [-0.39, 0.29) is 5.97 Å². The number of nitrogens with zero attached hydrogens (tertiary/aromatic N) is 1. The zero-order valence-corrected chi connectivity index (χ0v) is 15.8. The highest BCUT2D eigenvalue weighted by molar-refractivity contribution is 5.73. The number of carbonyl (C=O) groups excluding carboxylic acids is 1. The maximum absolute atomic E-state index is 11.7. The fraction of sp³-hybridized carbons (Fsp3) is 0.429. The largest absolute Gasteiger partial charge is 0.493 e. The Balaban J connectivity index is 1.95. The minimum Gasteiger partial charge on any atom is -0.493 e. The number of pyridine rings is 1. The fourth-order valence-corrected chi connectivity index (χ4v) is 2.39. The molecular formula is C21H27NO4. The van der Waals surface area contributed by atoms with Gasteiger partial charge in [-0.25, -0.2) is 0 Å². The predicted molar refractivity (Wildman–Crippen MR) is 101 cm³/mol. The van der Waals surface area contributed by atoms with Gasteiger partial charge >= 0.3 is 5.97 Å². The number of ether oxygens (including phenoxy) is 3. The first-order valence-electron chi connectivity index (χ1n) is 9.20. The average molecular weight is 357 g/mol. The van der Waals surface area contributed by atoms with Crippen LogP contribution < -0.4 is 14.2 Å². The third-order valence-corrected chi connectivity index (χ3v) is 3.81. The number of benzene rings is 1. The van der Waals surface area contributed by atoms with E-state index in [0.717, 1.165) is 25.0 Å². The van der Waals surface area contributed by atoms with Crippen molar-refractivity contribution < 1.29 is 19.0 Å². The molecule has 0 aliphatic heterocycles. The van der Waals surface area contributed by atoms with E-state index in [0.29, 0.717) is 36.9 Å². The van der Waals surface area contributed by atoms with Crippen molar-refractivity contribution in [2.24, 2.45) is 0 Å². The maximum atomic E-state index is 11.7. The molecule has 140 valence electrons. The first-order chi connectivity index (χ1) is 12.7. The smallest absolute Gasteiger partial charge is 0.311 e. The van der Waals surface area contributed by atoms with Gasteiger partial charge in [0.15, 0.2) is 11.5 Å². The summed E-state index contributed by atoms with van der Waals surface area (Å²) in [5, 5.41) is 0. The number of hydrogen-bond donors (Lipinski definition) is 0. The van der Waals surface area contributed by atoms with Crippen LogP contribution >= 0.6 is 0 Å². The third kappa shape index (κ3) is 6.06. The summed E-state index contributed by atoms with van der Waals surface area (Å²) in [4.78, 5) is 16.1. The van der Waals surface area contributed by atoms with E-state index in [1.165, 1.54) is 5.56 Å². The standard InChI is InChI=1S/C21H27NO4/c1-4-7-21(23)26-19-11-10-18(14-20(19)24-6-3)25-13-12-17-9-8-16(5-2)15-22-17/h8-11,14-15H,4-7,12-13H2,1-3H3. The lowest BCUT2D eigenvalue weighted by molar-refractivity contribution is -0.134. The van der Waals surface area contributed by atoms with Crippen LogP contribution in [-0.2, 0) is 17.6 Å². The SMILES string of the molecule is CCCC(=O)Oc1ccc(OCCc2ccc(CC)cn2)cc1OCC. The lowest BCUT2D eigenvalue weighted by atomic mass is 10.2. The summed E-state index contributed by atoms with van der Waals surface area (Å²) in [6.07, 6.45) is 4.74. The summed E-state index contributed by atoms with van der Waals surface area (Å²) in [6, 6.07) is 9.37. The number of aromatic nitrogens is 1. The van der Waals surface area contributed by atoms with Crippen molar-refractivity contribution in [2.45, 2.75) is 46.5 Å². The van der Waals surface area contributed by atoms with Crippen LogP contribution in [0, 0.1) is 0 Å². The highest BCUT2D eigenvalue weighted by atomic mass is 16.6. The van der Waals surface area contributed by atoms with Crippen molar-refractivity contribution in [3.8, 4) is 17.2 Å². The van der Waals surface area contributed by atoms with Crippen LogP contribution in [-0.4, -0.2) is 24.2 Å². The Hall–Kier alpha value is -2.56. The highest BCUT2D eigenvalue weighted by Crippen LogP contribution is 2.32. The molecule has 26 heavy (non-hydrogen) atoms. The minimum absolute atomic E-state index is 0.260. The van der Waals surface area contributed by atoms with E-state index < -0.39 is 0 Å².